The van der Waals surface area contributed by atoms with E-state index >= 15 is 0 Å². The van der Waals surface area contributed by atoms with Crippen molar-refractivity contribution in [1.82, 2.24) is 9.55 Å². The Labute approximate surface area is 175 Å². The quantitative estimate of drug-likeness (QED) is 0.605. The lowest BCUT2D eigenvalue weighted by atomic mass is 10.1. The number of rotatable bonds is 10. The molecule has 30 heavy (non-hydrogen) atoms. The molecule has 0 radical (unpaired) electrons. The number of carbonyl (C=O) groups excluding carboxylic acids is 1. The molecule has 0 spiro atoms. The average molecular weight is 418 g/mol. The topological polar surface area (TPSA) is 120 Å². The van der Waals surface area contributed by atoms with Crippen LogP contribution in [0.5, 0.6) is 5.75 Å². The van der Waals surface area contributed by atoms with E-state index in [1.54, 1.807) is 0 Å². The largest absolute Gasteiger partial charge is 0.483 e. The minimum Gasteiger partial charge on any atom is -0.483 e. The van der Waals surface area contributed by atoms with Gasteiger partial charge in [-0.05, 0) is 37.5 Å². The number of nitrogen functional groups attached to an aromatic ring is 1. The monoisotopic (exact) mass is 418 g/mol. The molecule has 2 aromatic rings. The molecule has 0 atom stereocenters. The normalized spacial score (nSPS) is 10.8. The lowest BCUT2D eigenvalue weighted by Gasteiger charge is -2.24. The molecule has 164 valence electrons. The predicted octanol–water partition coefficient (Wildman–Crippen LogP) is 1.59. The van der Waals surface area contributed by atoms with E-state index in [1.165, 1.54) is 16.6 Å². The highest BCUT2D eigenvalue weighted by atomic mass is 16.5. The molecule has 0 saturated heterocycles. The molecule has 1 aromatic heterocycles. The number of aromatic nitrogens is 2. The summed E-state index contributed by atoms with van der Waals surface area (Å²) in [6.07, 6.45) is 1.55. The Kier molecular flexibility index (Phi) is 8.23. The molecular formula is C21H30N4O5. The van der Waals surface area contributed by atoms with Crippen LogP contribution in [0.2, 0.25) is 0 Å². The van der Waals surface area contributed by atoms with Gasteiger partial charge in [0.15, 0.2) is 12.3 Å². The van der Waals surface area contributed by atoms with Gasteiger partial charge in [0, 0.05) is 20.2 Å². The van der Waals surface area contributed by atoms with Crippen LogP contribution in [0.25, 0.3) is 0 Å². The van der Waals surface area contributed by atoms with E-state index in [1.807, 2.05) is 39.0 Å². The Balaban J connectivity index is 2.37. The molecule has 0 bridgehead atoms. The third kappa shape index (κ3) is 5.50. The minimum absolute atomic E-state index is 0.0478. The van der Waals surface area contributed by atoms with Crippen LogP contribution in [-0.4, -0.2) is 42.3 Å². The van der Waals surface area contributed by atoms with Crippen molar-refractivity contribution in [2.75, 3.05) is 37.5 Å². The summed E-state index contributed by atoms with van der Waals surface area (Å²) in [5.74, 6) is 0.0732. The molecule has 3 N–H and O–H groups in total. The Bertz CT molecular complexity index is 996. The Morgan fingerprint density at radius 1 is 1.27 bits per heavy atom. The summed E-state index contributed by atoms with van der Waals surface area (Å²) in [5.41, 5.74) is 6.66. The minimum atomic E-state index is -0.721. The Hall–Kier alpha value is -3.07. The third-order valence-corrected chi connectivity index (χ3v) is 4.73. The number of ether oxygens (including phenoxy) is 2. The maximum absolute atomic E-state index is 13.0. The zero-order valence-electron chi connectivity index (χ0n) is 18.0. The molecule has 0 aliphatic rings. The van der Waals surface area contributed by atoms with Gasteiger partial charge in [0.2, 0.25) is 0 Å². The Morgan fingerprint density at radius 2 is 2.00 bits per heavy atom. The van der Waals surface area contributed by atoms with E-state index in [0.717, 1.165) is 17.5 Å². The second-order valence-corrected chi connectivity index (χ2v) is 7.09. The van der Waals surface area contributed by atoms with E-state index in [-0.39, 0.29) is 31.3 Å². The maximum Gasteiger partial charge on any atom is 0.330 e. The smallest absolute Gasteiger partial charge is 0.330 e. The van der Waals surface area contributed by atoms with Crippen molar-refractivity contribution in [2.24, 2.45) is 0 Å². The number of unbranched alkanes of at least 4 members (excludes halogenated alkanes) is 1. The van der Waals surface area contributed by atoms with Gasteiger partial charge >= 0.3 is 5.69 Å². The third-order valence-electron chi connectivity index (χ3n) is 4.73. The average Bonchev–Trinajstić information content (AvgIpc) is 2.70. The van der Waals surface area contributed by atoms with E-state index in [0.29, 0.717) is 18.7 Å². The molecule has 0 unspecified atom stereocenters. The summed E-state index contributed by atoms with van der Waals surface area (Å²) in [5, 5.41) is 0. The highest BCUT2D eigenvalue weighted by Crippen LogP contribution is 2.21. The summed E-state index contributed by atoms with van der Waals surface area (Å²) in [6.45, 7) is 6.12. The predicted molar refractivity (Wildman–Crippen MR) is 116 cm³/mol. The Morgan fingerprint density at radius 3 is 2.67 bits per heavy atom. The van der Waals surface area contributed by atoms with Gasteiger partial charge in [-0.1, -0.05) is 25.5 Å². The van der Waals surface area contributed by atoms with Crippen molar-refractivity contribution < 1.29 is 14.3 Å². The number of nitrogens with one attached hydrogen (secondary N) is 1. The second kappa shape index (κ2) is 10.6. The van der Waals surface area contributed by atoms with Gasteiger partial charge < -0.3 is 15.2 Å². The van der Waals surface area contributed by atoms with E-state index in [2.05, 4.69) is 4.98 Å². The van der Waals surface area contributed by atoms with Gasteiger partial charge in [0.25, 0.3) is 11.5 Å². The number of anilines is 2. The molecular weight excluding hydrogens is 388 g/mol. The van der Waals surface area contributed by atoms with Gasteiger partial charge in [-0.3, -0.25) is 24.0 Å². The highest BCUT2D eigenvalue weighted by molar-refractivity contribution is 5.96. The van der Waals surface area contributed by atoms with E-state index in [4.69, 9.17) is 15.2 Å². The van der Waals surface area contributed by atoms with Gasteiger partial charge in [0.1, 0.15) is 11.6 Å². The molecule has 0 aliphatic carbocycles. The van der Waals surface area contributed by atoms with Crippen molar-refractivity contribution in [3.05, 3.63) is 50.2 Å². The number of aromatic amines is 1. The number of hydrogen-bond donors (Lipinski definition) is 2. The van der Waals surface area contributed by atoms with Crippen LogP contribution in [0.15, 0.2) is 27.8 Å². The molecule has 9 heteroatoms. The van der Waals surface area contributed by atoms with Crippen LogP contribution >= 0.6 is 0 Å². The molecule has 1 heterocycles. The molecule has 2 rings (SSSR count). The SMILES string of the molecule is CCCCn1c(N)c(N(CCOC)C(=O)COc2cc(C)ccc2C)c(=O)[nH]c1=O. The lowest BCUT2D eigenvalue weighted by Crippen LogP contribution is -2.44. The standard InChI is InChI=1S/C21H30N4O5/c1-5-6-9-25-19(22)18(20(27)23-21(25)28)24(10-11-29-4)17(26)13-30-16-12-14(2)7-8-15(16)3/h7-8,12H,5-6,9-11,13,22H2,1-4H3,(H,23,27,28). The summed E-state index contributed by atoms with van der Waals surface area (Å²) >= 11 is 0. The number of nitrogens with two attached hydrogens (primary N) is 1. The van der Waals surface area contributed by atoms with Gasteiger partial charge in [0.05, 0.1) is 6.61 Å². The first kappa shape index (κ1) is 23.2. The number of amides is 1. The zero-order chi connectivity index (χ0) is 22.3. The lowest BCUT2D eigenvalue weighted by molar-refractivity contribution is -0.120. The summed E-state index contributed by atoms with van der Waals surface area (Å²) in [6, 6.07) is 5.70. The van der Waals surface area contributed by atoms with Crippen molar-refractivity contribution in [1.29, 1.82) is 0 Å². The fourth-order valence-corrected chi connectivity index (χ4v) is 3.00. The van der Waals surface area contributed by atoms with Crippen LogP contribution in [-0.2, 0) is 16.1 Å². The van der Waals surface area contributed by atoms with Crippen LogP contribution < -0.4 is 26.6 Å². The molecule has 9 nitrogen and oxygen atoms in total. The molecule has 0 saturated carbocycles. The fourth-order valence-electron chi connectivity index (χ4n) is 3.00. The number of nitrogens with zero attached hydrogens (tertiary/aromatic N) is 2. The van der Waals surface area contributed by atoms with Gasteiger partial charge in [-0.15, -0.1) is 0 Å². The first-order valence-electron chi connectivity index (χ1n) is 9.92. The number of aryl methyl sites for hydroxylation is 2. The van der Waals surface area contributed by atoms with E-state index < -0.39 is 17.2 Å². The van der Waals surface area contributed by atoms with Crippen molar-refractivity contribution >= 4 is 17.4 Å². The van der Waals surface area contributed by atoms with Crippen LogP contribution in [0, 0.1) is 13.8 Å². The number of hydrogen-bond acceptors (Lipinski definition) is 6. The van der Waals surface area contributed by atoms with Crippen molar-refractivity contribution in [3.8, 4) is 5.75 Å². The van der Waals surface area contributed by atoms with Crippen LogP contribution in [0.1, 0.15) is 30.9 Å². The summed E-state index contributed by atoms with van der Waals surface area (Å²) in [7, 11) is 1.49. The number of benzene rings is 1. The van der Waals surface area contributed by atoms with E-state index in [9.17, 15) is 14.4 Å². The van der Waals surface area contributed by atoms with Crippen molar-refractivity contribution in [3.63, 3.8) is 0 Å². The van der Waals surface area contributed by atoms with Crippen LogP contribution in [0.4, 0.5) is 11.5 Å². The summed E-state index contributed by atoms with van der Waals surface area (Å²) < 4.78 is 12.1. The number of methoxy groups -OCH3 is 1. The second-order valence-electron chi connectivity index (χ2n) is 7.09. The van der Waals surface area contributed by atoms with Crippen molar-refractivity contribution in [2.45, 2.75) is 40.2 Å². The molecule has 1 aromatic carbocycles. The maximum atomic E-state index is 13.0. The number of H-pyrrole nitrogens is 1. The first-order valence-corrected chi connectivity index (χ1v) is 9.92. The number of carbonyl (C=O) groups is 1. The fraction of sp³-hybridized carbons (Fsp3) is 0.476. The van der Waals surface area contributed by atoms with Gasteiger partial charge in [-0.2, -0.15) is 0 Å². The zero-order valence-corrected chi connectivity index (χ0v) is 18.0. The molecule has 0 aliphatic heterocycles. The van der Waals surface area contributed by atoms with Gasteiger partial charge in [-0.25, -0.2) is 4.79 Å². The highest BCUT2D eigenvalue weighted by Gasteiger charge is 2.24. The molecule has 1 amide bonds. The molecule has 0 fully saturated rings. The van der Waals surface area contributed by atoms with Crippen LogP contribution in [0.3, 0.4) is 0 Å². The first-order chi connectivity index (χ1) is 14.3. The summed E-state index contributed by atoms with van der Waals surface area (Å²) in [4.78, 5) is 41.2.